The van der Waals surface area contributed by atoms with Crippen LogP contribution in [-0.2, 0) is 9.59 Å². The van der Waals surface area contributed by atoms with Crippen LogP contribution in [0, 0.1) is 5.41 Å². The van der Waals surface area contributed by atoms with Gasteiger partial charge < -0.3 is 14.7 Å². The third-order valence-corrected chi connectivity index (χ3v) is 4.51. The van der Waals surface area contributed by atoms with Crippen molar-refractivity contribution >= 4 is 11.8 Å². The van der Waals surface area contributed by atoms with E-state index in [-0.39, 0.29) is 17.2 Å². The molecule has 0 spiro atoms. The third-order valence-electron chi connectivity index (χ3n) is 4.51. The van der Waals surface area contributed by atoms with Crippen LogP contribution in [0.1, 0.15) is 46.5 Å². The first-order valence-electron chi connectivity index (χ1n) is 8.63. The molecule has 0 radical (unpaired) electrons. The molecule has 0 bridgehead atoms. The highest BCUT2D eigenvalue weighted by atomic mass is 16.2. The fraction of sp³-hybridized carbons (Fsp3) is 0.882. The van der Waals surface area contributed by atoms with Crippen LogP contribution in [0.3, 0.4) is 0 Å². The van der Waals surface area contributed by atoms with Gasteiger partial charge in [0, 0.05) is 45.6 Å². The molecule has 2 aliphatic heterocycles. The molecule has 5 heteroatoms. The van der Waals surface area contributed by atoms with E-state index >= 15 is 0 Å². The second kappa shape index (κ2) is 7.44. The number of likely N-dealkylation sites (tertiary alicyclic amines) is 1. The van der Waals surface area contributed by atoms with Gasteiger partial charge in [-0.1, -0.05) is 20.8 Å². The van der Waals surface area contributed by atoms with Crippen LogP contribution >= 0.6 is 0 Å². The van der Waals surface area contributed by atoms with Crippen molar-refractivity contribution in [3.63, 3.8) is 0 Å². The molecule has 0 saturated carbocycles. The molecule has 2 aliphatic rings. The molecule has 2 heterocycles. The van der Waals surface area contributed by atoms with E-state index in [1.807, 2.05) is 9.80 Å². The van der Waals surface area contributed by atoms with Crippen LogP contribution in [0.4, 0.5) is 0 Å². The summed E-state index contributed by atoms with van der Waals surface area (Å²) < 4.78 is 0. The van der Waals surface area contributed by atoms with Crippen molar-refractivity contribution in [2.75, 3.05) is 45.8 Å². The summed E-state index contributed by atoms with van der Waals surface area (Å²) in [5.41, 5.74) is 0.0275. The second-order valence-corrected chi connectivity index (χ2v) is 7.80. The first-order valence-corrected chi connectivity index (χ1v) is 8.63. The lowest BCUT2D eigenvalue weighted by Crippen LogP contribution is -2.51. The minimum Gasteiger partial charge on any atom is -0.339 e. The highest BCUT2D eigenvalue weighted by Crippen LogP contribution is 2.20. The van der Waals surface area contributed by atoms with Gasteiger partial charge in [-0.3, -0.25) is 9.59 Å². The Balaban J connectivity index is 1.69. The van der Waals surface area contributed by atoms with Gasteiger partial charge in [-0.15, -0.1) is 0 Å². The van der Waals surface area contributed by atoms with Crippen molar-refractivity contribution in [2.24, 2.45) is 5.41 Å². The van der Waals surface area contributed by atoms with Gasteiger partial charge in [0.05, 0.1) is 0 Å². The standard InChI is InChI=1S/C17H31N3O2/c1-17(2,3)14-16(22)20-12-10-19(11-13-20)15(21)6-9-18-7-4-5-8-18/h4-14H2,1-3H3. The Bertz CT molecular complexity index is 389. The van der Waals surface area contributed by atoms with Gasteiger partial charge in [0.25, 0.3) is 0 Å². The molecule has 0 aliphatic carbocycles. The molecule has 2 saturated heterocycles. The molecule has 0 unspecified atom stereocenters. The van der Waals surface area contributed by atoms with Crippen LogP contribution in [0.25, 0.3) is 0 Å². The van der Waals surface area contributed by atoms with E-state index in [1.54, 1.807) is 0 Å². The first-order chi connectivity index (χ1) is 10.3. The predicted molar refractivity (Wildman–Crippen MR) is 87.5 cm³/mol. The Morgan fingerprint density at radius 1 is 0.818 bits per heavy atom. The zero-order valence-corrected chi connectivity index (χ0v) is 14.4. The summed E-state index contributed by atoms with van der Waals surface area (Å²) in [6.07, 6.45) is 3.73. The zero-order chi connectivity index (χ0) is 16.2. The van der Waals surface area contributed by atoms with Crippen LogP contribution in [0.15, 0.2) is 0 Å². The van der Waals surface area contributed by atoms with Gasteiger partial charge in [0.2, 0.25) is 11.8 Å². The van der Waals surface area contributed by atoms with E-state index in [0.29, 0.717) is 39.0 Å². The van der Waals surface area contributed by atoms with Crippen molar-refractivity contribution in [1.82, 2.24) is 14.7 Å². The molecule has 2 amide bonds. The molecular weight excluding hydrogens is 278 g/mol. The maximum atomic E-state index is 12.3. The first kappa shape index (κ1) is 17.3. The molecule has 0 aromatic carbocycles. The smallest absolute Gasteiger partial charge is 0.223 e. The van der Waals surface area contributed by atoms with Crippen molar-refractivity contribution in [1.29, 1.82) is 0 Å². The lowest BCUT2D eigenvalue weighted by molar-refractivity contribution is -0.140. The maximum Gasteiger partial charge on any atom is 0.223 e. The summed E-state index contributed by atoms with van der Waals surface area (Å²) in [5, 5.41) is 0. The van der Waals surface area contributed by atoms with E-state index < -0.39 is 0 Å². The Morgan fingerprint density at radius 3 is 1.82 bits per heavy atom. The molecule has 0 N–H and O–H groups in total. The molecule has 0 atom stereocenters. The predicted octanol–water partition coefficient (Wildman–Crippen LogP) is 1.58. The lowest BCUT2D eigenvalue weighted by Gasteiger charge is -2.36. The Hall–Kier alpha value is -1.10. The summed E-state index contributed by atoms with van der Waals surface area (Å²) in [4.78, 5) is 30.7. The van der Waals surface area contributed by atoms with Gasteiger partial charge in [-0.05, 0) is 31.3 Å². The Morgan fingerprint density at radius 2 is 1.32 bits per heavy atom. The zero-order valence-electron chi connectivity index (χ0n) is 14.4. The van der Waals surface area contributed by atoms with E-state index in [0.717, 1.165) is 19.6 Å². The number of carbonyl (C=O) groups excluding carboxylic acids is 2. The van der Waals surface area contributed by atoms with Crippen LogP contribution in [0.5, 0.6) is 0 Å². The molecule has 2 fully saturated rings. The van der Waals surface area contributed by atoms with Crippen molar-refractivity contribution in [3.05, 3.63) is 0 Å². The minimum absolute atomic E-state index is 0.0275. The van der Waals surface area contributed by atoms with E-state index in [4.69, 9.17) is 0 Å². The summed E-state index contributed by atoms with van der Waals surface area (Å²) in [7, 11) is 0. The SMILES string of the molecule is CC(C)(C)CC(=O)N1CCN(C(=O)CCN2CCCC2)CC1. The highest BCUT2D eigenvalue weighted by Gasteiger charge is 2.26. The molecular formula is C17H31N3O2. The fourth-order valence-electron chi connectivity index (χ4n) is 3.19. The van der Waals surface area contributed by atoms with Gasteiger partial charge >= 0.3 is 0 Å². The molecule has 0 aromatic heterocycles. The van der Waals surface area contributed by atoms with Crippen LogP contribution in [-0.4, -0.2) is 72.3 Å². The number of piperazine rings is 1. The normalized spacial score (nSPS) is 20.5. The van der Waals surface area contributed by atoms with Crippen molar-refractivity contribution in [2.45, 2.75) is 46.5 Å². The van der Waals surface area contributed by atoms with Gasteiger partial charge in [0.15, 0.2) is 0 Å². The van der Waals surface area contributed by atoms with Crippen molar-refractivity contribution < 1.29 is 9.59 Å². The number of rotatable bonds is 4. The topological polar surface area (TPSA) is 43.9 Å². The van der Waals surface area contributed by atoms with Crippen LogP contribution < -0.4 is 0 Å². The molecule has 126 valence electrons. The monoisotopic (exact) mass is 309 g/mol. The largest absolute Gasteiger partial charge is 0.339 e. The Labute approximate surface area is 134 Å². The quantitative estimate of drug-likeness (QED) is 0.792. The number of amides is 2. The summed E-state index contributed by atoms with van der Waals surface area (Å²) in [5.74, 6) is 0.464. The minimum atomic E-state index is 0.0275. The molecule has 5 nitrogen and oxygen atoms in total. The van der Waals surface area contributed by atoms with Gasteiger partial charge in [-0.25, -0.2) is 0 Å². The second-order valence-electron chi connectivity index (χ2n) is 7.80. The molecule has 22 heavy (non-hydrogen) atoms. The average molecular weight is 309 g/mol. The van der Waals surface area contributed by atoms with Gasteiger partial charge in [-0.2, -0.15) is 0 Å². The average Bonchev–Trinajstić information content (AvgIpc) is 2.96. The van der Waals surface area contributed by atoms with Gasteiger partial charge in [0.1, 0.15) is 0 Å². The maximum absolute atomic E-state index is 12.3. The summed E-state index contributed by atoms with van der Waals surface area (Å²) in [6.45, 7) is 12.2. The molecule has 2 rings (SSSR count). The highest BCUT2D eigenvalue weighted by molar-refractivity contribution is 5.79. The number of carbonyl (C=O) groups is 2. The summed E-state index contributed by atoms with van der Waals surface area (Å²) >= 11 is 0. The fourth-order valence-corrected chi connectivity index (χ4v) is 3.19. The third kappa shape index (κ3) is 5.27. The van der Waals surface area contributed by atoms with Crippen LogP contribution in [0.2, 0.25) is 0 Å². The lowest BCUT2D eigenvalue weighted by atomic mass is 9.91. The van der Waals surface area contributed by atoms with E-state index in [9.17, 15) is 9.59 Å². The molecule has 0 aromatic rings. The summed E-state index contributed by atoms with van der Waals surface area (Å²) in [6, 6.07) is 0. The number of hydrogen-bond donors (Lipinski definition) is 0. The van der Waals surface area contributed by atoms with Crippen molar-refractivity contribution in [3.8, 4) is 0 Å². The van der Waals surface area contributed by atoms with E-state index in [2.05, 4.69) is 25.7 Å². The van der Waals surface area contributed by atoms with E-state index in [1.165, 1.54) is 12.8 Å². The number of hydrogen-bond acceptors (Lipinski definition) is 3. The Kier molecular flexibility index (Phi) is 5.84. The number of nitrogens with zero attached hydrogens (tertiary/aromatic N) is 3.